The number of anilines is 2. The van der Waals surface area contributed by atoms with Crippen molar-refractivity contribution in [2.24, 2.45) is 0 Å². The Balaban J connectivity index is 1.55. The Kier molecular flexibility index (Phi) is 4.54. The molecule has 2 unspecified atom stereocenters. The van der Waals surface area contributed by atoms with Gasteiger partial charge in [-0.1, -0.05) is 30.3 Å². The minimum absolute atomic E-state index is 0.0192. The van der Waals surface area contributed by atoms with Crippen LogP contribution in [0.25, 0.3) is 0 Å². The van der Waals surface area contributed by atoms with Crippen molar-refractivity contribution < 1.29 is 8.42 Å². The van der Waals surface area contributed by atoms with E-state index in [2.05, 4.69) is 27.3 Å². The fraction of sp³-hybridized carbons (Fsp3) is 0.444. The molecule has 2 saturated heterocycles. The van der Waals surface area contributed by atoms with Crippen LogP contribution in [0.15, 0.2) is 42.6 Å². The molecule has 1 N–H and O–H groups in total. The van der Waals surface area contributed by atoms with Crippen molar-refractivity contribution in [3.63, 3.8) is 0 Å². The van der Waals surface area contributed by atoms with Gasteiger partial charge >= 0.3 is 0 Å². The van der Waals surface area contributed by atoms with Crippen molar-refractivity contribution in [3.05, 3.63) is 48.2 Å². The molecule has 2 atom stereocenters. The van der Waals surface area contributed by atoms with Gasteiger partial charge in [0.25, 0.3) is 0 Å². The number of nitrogens with one attached hydrogen (secondary N) is 1. The summed E-state index contributed by atoms with van der Waals surface area (Å²) in [6.07, 6.45) is 1.75. The second-order valence-corrected chi connectivity index (χ2v) is 9.11. The van der Waals surface area contributed by atoms with Crippen molar-refractivity contribution in [1.82, 2.24) is 15.3 Å². The molecule has 2 aliphatic heterocycles. The lowest BCUT2D eigenvalue weighted by Crippen LogP contribution is -2.57. The highest BCUT2D eigenvalue weighted by molar-refractivity contribution is 7.91. The van der Waals surface area contributed by atoms with E-state index < -0.39 is 9.84 Å². The van der Waals surface area contributed by atoms with Crippen LogP contribution in [0.4, 0.5) is 11.8 Å². The molecule has 0 saturated carbocycles. The molecule has 2 fully saturated rings. The standard InChI is InChI=1S/C18H23N5O2S/c1-22(11-14-5-3-2-4-6-14)18-20-8-7-17(21-18)23-10-9-19-15-12-26(24,25)13-16(15)23/h2-8,15-16,19H,9-13H2,1H3. The van der Waals surface area contributed by atoms with E-state index >= 15 is 0 Å². The number of fused-ring (bicyclic) bond motifs is 1. The lowest BCUT2D eigenvalue weighted by atomic mass is 10.1. The van der Waals surface area contributed by atoms with Crippen LogP contribution in [0.3, 0.4) is 0 Å². The van der Waals surface area contributed by atoms with Gasteiger partial charge in [0.2, 0.25) is 5.95 Å². The zero-order valence-corrected chi connectivity index (χ0v) is 15.6. The van der Waals surface area contributed by atoms with Gasteiger partial charge < -0.3 is 15.1 Å². The predicted molar refractivity (Wildman–Crippen MR) is 102 cm³/mol. The number of piperazine rings is 1. The van der Waals surface area contributed by atoms with E-state index in [1.165, 1.54) is 5.56 Å². The molecule has 0 aliphatic carbocycles. The number of sulfone groups is 1. The first kappa shape index (κ1) is 17.2. The molecule has 3 heterocycles. The highest BCUT2D eigenvalue weighted by Crippen LogP contribution is 2.26. The molecule has 2 aliphatic rings. The maximum Gasteiger partial charge on any atom is 0.227 e. The summed E-state index contributed by atoms with van der Waals surface area (Å²) in [4.78, 5) is 13.2. The molecular formula is C18H23N5O2S. The quantitative estimate of drug-likeness (QED) is 0.845. The van der Waals surface area contributed by atoms with Crippen molar-refractivity contribution in [2.75, 3.05) is 41.4 Å². The van der Waals surface area contributed by atoms with E-state index in [9.17, 15) is 8.42 Å². The van der Waals surface area contributed by atoms with Crippen molar-refractivity contribution in [3.8, 4) is 0 Å². The van der Waals surface area contributed by atoms with Gasteiger partial charge in [0, 0.05) is 38.9 Å². The van der Waals surface area contributed by atoms with Gasteiger partial charge in [-0.25, -0.2) is 13.4 Å². The summed E-state index contributed by atoms with van der Waals surface area (Å²) in [7, 11) is -1.03. The molecule has 26 heavy (non-hydrogen) atoms. The smallest absolute Gasteiger partial charge is 0.227 e. The molecule has 1 aromatic carbocycles. The molecule has 2 aromatic rings. The van der Waals surface area contributed by atoms with Crippen LogP contribution < -0.4 is 15.1 Å². The second-order valence-electron chi connectivity index (χ2n) is 6.95. The summed E-state index contributed by atoms with van der Waals surface area (Å²) in [5.41, 5.74) is 1.19. The van der Waals surface area contributed by atoms with E-state index in [0.29, 0.717) is 12.5 Å². The summed E-state index contributed by atoms with van der Waals surface area (Å²) in [5, 5.41) is 3.33. The van der Waals surface area contributed by atoms with Gasteiger partial charge in [0.15, 0.2) is 9.84 Å². The van der Waals surface area contributed by atoms with Crippen molar-refractivity contribution >= 4 is 21.6 Å². The van der Waals surface area contributed by atoms with Crippen molar-refractivity contribution in [1.29, 1.82) is 0 Å². The first-order valence-corrected chi connectivity index (χ1v) is 10.6. The molecule has 1 aromatic heterocycles. The maximum absolute atomic E-state index is 12.0. The molecule has 0 amide bonds. The van der Waals surface area contributed by atoms with Gasteiger partial charge in [-0.05, 0) is 11.6 Å². The van der Waals surface area contributed by atoms with E-state index in [-0.39, 0.29) is 23.6 Å². The Hall–Kier alpha value is -2.19. The monoisotopic (exact) mass is 373 g/mol. The van der Waals surface area contributed by atoms with E-state index in [1.807, 2.05) is 36.2 Å². The number of hydrogen-bond acceptors (Lipinski definition) is 7. The van der Waals surface area contributed by atoms with E-state index in [4.69, 9.17) is 4.98 Å². The molecule has 0 bridgehead atoms. The van der Waals surface area contributed by atoms with Gasteiger partial charge in [-0.3, -0.25) is 0 Å². The topological polar surface area (TPSA) is 78.4 Å². The lowest BCUT2D eigenvalue weighted by molar-refractivity contribution is 0.422. The van der Waals surface area contributed by atoms with Gasteiger partial charge in [0.05, 0.1) is 17.5 Å². The van der Waals surface area contributed by atoms with Crippen LogP contribution in [-0.2, 0) is 16.4 Å². The molecular weight excluding hydrogens is 350 g/mol. The number of hydrogen-bond donors (Lipinski definition) is 1. The van der Waals surface area contributed by atoms with Gasteiger partial charge in [0.1, 0.15) is 5.82 Å². The summed E-state index contributed by atoms with van der Waals surface area (Å²) < 4.78 is 24.1. The molecule has 8 heteroatoms. The Morgan fingerprint density at radius 3 is 2.85 bits per heavy atom. The minimum atomic E-state index is -2.99. The van der Waals surface area contributed by atoms with E-state index in [1.54, 1.807) is 6.20 Å². The highest BCUT2D eigenvalue weighted by atomic mass is 32.2. The minimum Gasteiger partial charge on any atom is -0.350 e. The summed E-state index contributed by atoms with van der Waals surface area (Å²) in [5.74, 6) is 1.83. The molecule has 0 spiro atoms. The highest BCUT2D eigenvalue weighted by Gasteiger charge is 2.43. The summed E-state index contributed by atoms with van der Waals surface area (Å²) >= 11 is 0. The molecule has 4 rings (SSSR count). The zero-order chi connectivity index (χ0) is 18.1. The second kappa shape index (κ2) is 6.85. The average Bonchev–Trinajstić information content (AvgIpc) is 2.96. The Morgan fingerprint density at radius 1 is 1.23 bits per heavy atom. The third-order valence-corrected chi connectivity index (χ3v) is 6.73. The van der Waals surface area contributed by atoms with Crippen LogP contribution in [0, 0.1) is 0 Å². The normalized spacial score (nSPS) is 24.3. The Labute approximate surface area is 154 Å². The molecule has 138 valence electrons. The largest absolute Gasteiger partial charge is 0.350 e. The average molecular weight is 373 g/mol. The fourth-order valence-corrected chi connectivity index (χ4v) is 5.72. The summed E-state index contributed by atoms with van der Waals surface area (Å²) in [6.45, 7) is 2.22. The van der Waals surface area contributed by atoms with Crippen LogP contribution in [0.1, 0.15) is 5.56 Å². The van der Waals surface area contributed by atoms with Gasteiger partial charge in [-0.15, -0.1) is 0 Å². The number of aromatic nitrogens is 2. The zero-order valence-electron chi connectivity index (χ0n) is 14.7. The SMILES string of the molecule is CN(Cc1ccccc1)c1nccc(N2CCNC3CS(=O)(=O)CC32)n1. The Bertz CT molecular complexity index is 874. The van der Waals surface area contributed by atoms with Crippen LogP contribution in [-0.4, -0.2) is 62.1 Å². The van der Waals surface area contributed by atoms with Crippen LogP contribution >= 0.6 is 0 Å². The molecule has 0 radical (unpaired) electrons. The number of benzene rings is 1. The number of nitrogens with zero attached hydrogens (tertiary/aromatic N) is 4. The van der Waals surface area contributed by atoms with Crippen LogP contribution in [0.2, 0.25) is 0 Å². The van der Waals surface area contributed by atoms with Crippen LogP contribution in [0.5, 0.6) is 0 Å². The van der Waals surface area contributed by atoms with Crippen molar-refractivity contribution in [2.45, 2.75) is 18.6 Å². The third kappa shape index (κ3) is 3.52. The fourth-order valence-electron chi connectivity index (χ4n) is 3.76. The molecule has 7 nitrogen and oxygen atoms in total. The first-order chi connectivity index (χ1) is 12.5. The summed E-state index contributed by atoms with van der Waals surface area (Å²) in [6, 6.07) is 12.0. The number of rotatable bonds is 4. The maximum atomic E-state index is 12.0. The van der Waals surface area contributed by atoms with E-state index in [0.717, 1.165) is 18.9 Å². The van der Waals surface area contributed by atoms with Gasteiger partial charge in [-0.2, -0.15) is 4.98 Å². The Morgan fingerprint density at radius 2 is 2.04 bits per heavy atom. The predicted octanol–water partition coefficient (Wildman–Crippen LogP) is 0.688. The first-order valence-electron chi connectivity index (χ1n) is 8.80. The lowest BCUT2D eigenvalue weighted by Gasteiger charge is -2.38. The third-order valence-electron chi connectivity index (χ3n) is 5.01.